The highest BCUT2D eigenvalue weighted by molar-refractivity contribution is 5.83. The van der Waals surface area contributed by atoms with Crippen molar-refractivity contribution < 1.29 is 28.2 Å². The highest BCUT2D eigenvalue weighted by Crippen LogP contribution is 2.24. The SMILES string of the molecule is COC[C@@H](O)CNC(=O)COc1ccc2cc(-c3ccc(F)cc3)c(=O)oc2c1. The molecular weight excluding hydrogens is 381 g/mol. The van der Waals surface area contributed by atoms with Crippen molar-refractivity contribution in [3.63, 3.8) is 0 Å². The highest BCUT2D eigenvalue weighted by Gasteiger charge is 2.11. The van der Waals surface area contributed by atoms with Crippen LogP contribution >= 0.6 is 0 Å². The van der Waals surface area contributed by atoms with Crippen molar-refractivity contribution >= 4 is 16.9 Å². The number of methoxy groups -OCH3 is 1. The van der Waals surface area contributed by atoms with Crippen LogP contribution in [0.1, 0.15) is 0 Å². The molecule has 3 rings (SSSR count). The van der Waals surface area contributed by atoms with Gasteiger partial charge in [0.05, 0.1) is 18.3 Å². The monoisotopic (exact) mass is 401 g/mol. The molecule has 2 aromatic carbocycles. The normalized spacial score (nSPS) is 12.0. The van der Waals surface area contributed by atoms with Gasteiger partial charge < -0.3 is 24.3 Å². The number of rotatable bonds is 8. The Balaban J connectivity index is 1.69. The molecule has 29 heavy (non-hydrogen) atoms. The molecule has 1 aromatic heterocycles. The maximum Gasteiger partial charge on any atom is 0.344 e. The number of hydrogen-bond donors (Lipinski definition) is 2. The summed E-state index contributed by atoms with van der Waals surface area (Å²) in [7, 11) is 1.45. The Morgan fingerprint density at radius 2 is 1.97 bits per heavy atom. The third-order valence-electron chi connectivity index (χ3n) is 4.13. The van der Waals surface area contributed by atoms with E-state index >= 15 is 0 Å². The second kappa shape index (κ2) is 9.31. The largest absolute Gasteiger partial charge is 0.484 e. The van der Waals surface area contributed by atoms with E-state index in [1.54, 1.807) is 18.2 Å². The molecule has 152 valence electrons. The molecule has 0 fully saturated rings. The molecule has 3 aromatic rings. The summed E-state index contributed by atoms with van der Waals surface area (Å²) < 4.78 is 28.6. The third kappa shape index (κ3) is 5.40. The van der Waals surface area contributed by atoms with Gasteiger partial charge >= 0.3 is 5.63 Å². The van der Waals surface area contributed by atoms with Gasteiger partial charge in [0.1, 0.15) is 17.1 Å². The van der Waals surface area contributed by atoms with Gasteiger partial charge in [0.2, 0.25) is 0 Å². The first-order valence-corrected chi connectivity index (χ1v) is 8.86. The quantitative estimate of drug-likeness (QED) is 0.561. The van der Waals surface area contributed by atoms with Crippen molar-refractivity contribution in [1.29, 1.82) is 0 Å². The van der Waals surface area contributed by atoms with Crippen molar-refractivity contribution in [2.45, 2.75) is 6.10 Å². The second-order valence-corrected chi connectivity index (χ2v) is 6.36. The molecule has 0 unspecified atom stereocenters. The average molecular weight is 401 g/mol. The average Bonchev–Trinajstić information content (AvgIpc) is 2.71. The molecule has 0 bridgehead atoms. The summed E-state index contributed by atoms with van der Waals surface area (Å²) in [5, 5.41) is 12.7. The van der Waals surface area contributed by atoms with E-state index in [1.165, 1.54) is 37.4 Å². The summed E-state index contributed by atoms with van der Waals surface area (Å²) in [5.41, 5.74) is 0.607. The molecule has 1 heterocycles. The van der Waals surface area contributed by atoms with Crippen molar-refractivity contribution in [1.82, 2.24) is 5.32 Å². The van der Waals surface area contributed by atoms with E-state index in [9.17, 15) is 19.1 Å². The summed E-state index contributed by atoms with van der Waals surface area (Å²) in [5.74, 6) is -0.450. The predicted molar refractivity (Wildman–Crippen MR) is 104 cm³/mol. The van der Waals surface area contributed by atoms with Crippen LogP contribution in [0.3, 0.4) is 0 Å². The van der Waals surface area contributed by atoms with Gasteiger partial charge in [-0.15, -0.1) is 0 Å². The van der Waals surface area contributed by atoms with Crippen molar-refractivity contribution in [3.05, 3.63) is 64.8 Å². The fourth-order valence-corrected chi connectivity index (χ4v) is 2.69. The lowest BCUT2D eigenvalue weighted by Gasteiger charge is -2.11. The number of carbonyl (C=O) groups is 1. The van der Waals surface area contributed by atoms with Crippen LogP contribution in [0, 0.1) is 5.82 Å². The van der Waals surface area contributed by atoms with Crippen LogP contribution in [0.2, 0.25) is 0 Å². The first kappa shape index (κ1) is 20.5. The van der Waals surface area contributed by atoms with Gasteiger partial charge in [0, 0.05) is 25.1 Å². The Kier molecular flexibility index (Phi) is 6.58. The zero-order chi connectivity index (χ0) is 20.8. The molecule has 1 atom stereocenters. The molecule has 1 amide bonds. The Bertz CT molecular complexity index is 1050. The summed E-state index contributed by atoms with van der Waals surface area (Å²) in [6.07, 6.45) is -0.797. The topological polar surface area (TPSA) is 98.0 Å². The van der Waals surface area contributed by atoms with Gasteiger partial charge in [-0.3, -0.25) is 4.79 Å². The minimum Gasteiger partial charge on any atom is -0.484 e. The Hall–Kier alpha value is -3.23. The third-order valence-corrected chi connectivity index (χ3v) is 4.13. The van der Waals surface area contributed by atoms with E-state index in [-0.39, 0.29) is 19.8 Å². The number of ether oxygens (including phenoxy) is 2. The fourth-order valence-electron chi connectivity index (χ4n) is 2.69. The molecule has 0 saturated heterocycles. The number of benzene rings is 2. The van der Waals surface area contributed by atoms with Gasteiger partial charge in [-0.1, -0.05) is 12.1 Å². The maximum absolute atomic E-state index is 13.1. The van der Waals surface area contributed by atoms with Crippen LogP contribution in [-0.2, 0) is 9.53 Å². The van der Waals surface area contributed by atoms with Crippen molar-refractivity contribution in [3.8, 4) is 16.9 Å². The van der Waals surface area contributed by atoms with Crippen LogP contribution in [0.15, 0.2) is 57.7 Å². The number of hydrogen-bond acceptors (Lipinski definition) is 6. The number of aliphatic hydroxyl groups excluding tert-OH is 1. The number of nitrogens with one attached hydrogen (secondary N) is 1. The molecule has 0 aliphatic rings. The van der Waals surface area contributed by atoms with Crippen molar-refractivity contribution in [2.24, 2.45) is 0 Å². The number of aliphatic hydroxyl groups is 1. The van der Waals surface area contributed by atoms with Gasteiger partial charge in [-0.25, -0.2) is 9.18 Å². The van der Waals surface area contributed by atoms with E-state index in [2.05, 4.69) is 5.32 Å². The Labute approximate surface area is 165 Å². The number of carbonyl (C=O) groups excluding carboxylic acids is 1. The first-order chi connectivity index (χ1) is 14.0. The maximum atomic E-state index is 13.1. The lowest BCUT2D eigenvalue weighted by atomic mass is 10.1. The zero-order valence-corrected chi connectivity index (χ0v) is 15.7. The Morgan fingerprint density at radius 1 is 1.21 bits per heavy atom. The van der Waals surface area contributed by atoms with Gasteiger partial charge in [-0.2, -0.15) is 0 Å². The number of fused-ring (bicyclic) bond motifs is 1. The lowest BCUT2D eigenvalue weighted by Crippen LogP contribution is -2.36. The minimum absolute atomic E-state index is 0.0504. The van der Waals surface area contributed by atoms with E-state index < -0.39 is 23.5 Å². The summed E-state index contributed by atoms with van der Waals surface area (Å²) in [4.78, 5) is 24.1. The molecule has 0 spiro atoms. The number of halogens is 1. The van der Waals surface area contributed by atoms with E-state index in [4.69, 9.17) is 13.9 Å². The summed E-state index contributed by atoms with van der Waals surface area (Å²) >= 11 is 0. The van der Waals surface area contributed by atoms with Crippen LogP contribution < -0.4 is 15.7 Å². The van der Waals surface area contributed by atoms with Gasteiger partial charge in [-0.05, 0) is 35.9 Å². The lowest BCUT2D eigenvalue weighted by molar-refractivity contribution is -0.123. The summed E-state index contributed by atoms with van der Waals surface area (Å²) in [6.45, 7) is -0.0946. The molecule has 2 N–H and O–H groups in total. The Morgan fingerprint density at radius 3 is 2.69 bits per heavy atom. The van der Waals surface area contributed by atoms with E-state index in [1.807, 2.05) is 0 Å². The zero-order valence-electron chi connectivity index (χ0n) is 15.7. The molecule has 0 aliphatic heterocycles. The van der Waals surface area contributed by atoms with Crippen LogP contribution in [0.4, 0.5) is 4.39 Å². The first-order valence-electron chi connectivity index (χ1n) is 8.86. The van der Waals surface area contributed by atoms with Crippen LogP contribution in [-0.4, -0.2) is 44.0 Å². The molecule has 0 saturated carbocycles. The van der Waals surface area contributed by atoms with Crippen molar-refractivity contribution in [2.75, 3.05) is 26.9 Å². The van der Waals surface area contributed by atoms with Crippen LogP contribution in [0.25, 0.3) is 22.1 Å². The molecule has 8 heteroatoms. The standard InChI is InChI=1S/C21H20FNO6/c1-27-11-16(24)10-23-20(25)12-28-17-7-4-14-8-18(21(26)29-19(14)9-17)13-2-5-15(22)6-3-13/h2-9,16,24H,10-12H2,1H3,(H,23,25)/t16-/m0/s1. The predicted octanol–water partition coefficient (Wildman–Crippen LogP) is 2.10. The minimum atomic E-state index is -0.797. The second-order valence-electron chi connectivity index (χ2n) is 6.36. The fraction of sp³-hybridized carbons (Fsp3) is 0.238. The van der Waals surface area contributed by atoms with Crippen LogP contribution in [0.5, 0.6) is 5.75 Å². The number of amides is 1. The smallest absolute Gasteiger partial charge is 0.344 e. The van der Waals surface area contributed by atoms with Gasteiger partial charge in [0.25, 0.3) is 5.91 Å². The summed E-state index contributed by atoms with van der Waals surface area (Å²) in [6, 6.07) is 12.1. The molecule has 7 nitrogen and oxygen atoms in total. The molecule has 0 radical (unpaired) electrons. The highest BCUT2D eigenvalue weighted by atomic mass is 19.1. The molecular formula is C21H20FNO6. The molecule has 0 aliphatic carbocycles. The van der Waals surface area contributed by atoms with Gasteiger partial charge in [0.15, 0.2) is 6.61 Å². The van der Waals surface area contributed by atoms with E-state index in [0.29, 0.717) is 27.8 Å². The van der Waals surface area contributed by atoms with E-state index in [0.717, 1.165) is 0 Å².